The fourth-order valence-electron chi connectivity index (χ4n) is 1.67. The van der Waals surface area contributed by atoms with Crippen molar-refractivity contribution in [2.75, 3.05) is 16.8 Å². The number of hydrogen-bond acceptors (Lipinski definition) is 3. The highest BCUT2D eigenvalue weighted by atomic mass is 79.9. The molecule has 7 heteroatoms. The Balaban J connectivity index is 2.62. The second-order valence-electron chi connectivity index (χ2n) is 4.48. The van der Waals surface area contributed by atoms with Gasteiger partial charge < -0.3 is 15.7 Å². The summed E-state index contributed by atoms with van der Waals surface area (Å²) in [6, 6.07) is 4.27. The van der Waals surface area contributed by atoms with E-state index in [1.807, 2.05) is 18.7 Å². The lowest BCUT2D eigenvalue weighted by Crippen LogP contribution is -2.36. The summed E-state index contributed by atoms with van der Waals surface area (Å²) in [5.41, 5.74) is 0.326. The first-order chi connectivity index (χ1) is 9.93. The molecule has 1 atom stereocenters. The normalized spacial score (nSPS) is 11.8. The first-order valence-electron chi connectivity index (χ1n) is 6.62. The number of carbonyl (C=O) groups excluding carboxylic acids is 1. The van der Waals surface area contributed by atoms with Crippen molar-refractivity contribution in [2.24, 2.45) is 0 Å². The maximum atomic E-state index is 11.9. The van der Waals surface area contributed by atoms with E-state index in [4.69, 9.17) is 5.11 Å². The Bertz CT molecular complexity index is 511. The number of carbonyl (C=O) groups is 2. The molecule has 0 heterocycles. The molecule has 0 spiro atoms. The first kappa shape index (κ1) is 17.8. The van der Waals surface area contributed by atoms with E-state index in [2.05, 4.69) is 33.5 Å². The van der Waals surface area contributed by atoms with Crippen LogP contribution in [0, 0.1) is 0 Å². The number of nitrogens with one attached hydrogen (secondary N) is 2. The summed E-state index contributed by atoms with van der Waals surface area (Å²) in [6.45, 7) is 4.02. The minimum absolute atomic E-state index is 0.0319. The van der Waals surface area contributed by atoms with Crippen LogP contribution in [0.5, 0.6) is 0 Å². The minimum Gasteiger partial charge on any atom is -0.478 e. The van der Waals surface area contributed by atoms with Crippen LogP contribution in [0.1, 0.15) is 30.6 Å². The largest absolute Gasteiger partial charge is 0.478 e. The number of thioether (sulfide) groups is 1. The van der Waals surface area contributed by atoms with Gasteiger partial charge in [0.15, 0.2) is 0 Å². The molecule has 3 N–H and O–H groups in total. The van der Waals surface area contributed by atoms with E-state index < -0.39 is 12.0 Å². The number of urea groups is 1. The molecule has 116 valence electrons. The van der Waals surface area contributed by atoms with E-state index in [-0.39, 0.29) is 17.3 Å². The van der Waals surface area contributed by atoms with Gasteiger partial charge in [0.2, 0.25) is 0 Å². The number of halogens is 1. The molecule has 0 radical (unpaired) electrons. The summed E-state index contributed by atoms with van der Waals surface area (Å²) in [7, 11) is 0. The number of benzene rings is 1. The van der Waals surface area contributed by atoms with Crippen LogP contribution in [-0.2, 0) is 0 Å². The molecular weight excluding hydrogens is 356 g/mol. The van der Waals surface area contributed by atoms with E-state index in [9.17, 15) is 9.59 Å². The van der Waals surface area contributed by atoms with Crippen LogP contribution in [0.15, 0.2) is 22.7 Å². The smallest absolute Gasteiger partial charge is 0.337 e. The molecule has 0 aliphatic heterocycles. The van der Waals surface area contributed by atoms with Crippen molar-refractivity contribution in [1.82, 2.24) is 5.32 Å². The molecule has 0 fully saturated rings. The lowest BCUT2D eigenvalue weighted by atomic mass is 10.2. The average molecular weight is 375 g/mol. The molecule has 0 saturated heterocycles. The average Bonchev–Trinajstić information content (AvgIpc) is 2.38. The summed E-state index contributed by atoms with van der Waals surface area (Å²) < 4.78 is 0.704. The van der Waals surface area contributed by atoms with Gasteiger partial charge in [-0.15, -0.1) is 0 Å². The second kappa shape index (κ2) is 8.94. The Morgan fingerprint density at radius 3 is 2.76 bits per heavy atom. The number of anilines is 1. The lowest BCUT2D eigenvalue weighted by Gasteiger charge is -2.15. The van der Waals surface area contributed by atoms with E-state index in [0.29, 0.717) is 4.47 Å². The van der Waals surface area contributed by atoms with Crippen LogP contribution in [0.2, 0.25) is 0 Å². The monoisotopic (exact) mass is 374 g/mol. The maximum Gasteiger partial charge on any atom is 0.337 e. The second-order valence-corrected chi connectivity index (χ2v) is 6.79. The van der Waals surface area contributed by atoms with Crippen LogP contribution >= 0.6 is 27.7 Å². The van der Waals surface area contributed by atoms with Crippen molar-refractivity contribution in [3.63, 3.8) is 0 Å². The number of rotatable bonds is 7. The fraction of sp³-hybridized carbons (Fsp3) is 0.429. The van der Waals surface area contributed by atoms with Gasteiger partial charge in [0.1, 0.15) is 0 Å². The third-order valence-electron chi connectivity index (χ3n) is 2.74. The maximum absolute atomic E-state index is 11.9. The topological polar surface area (TPSA) is 78.4 Å². The molecule has 0 aliphatic rings. The Labute approximate surface area is 137 Å². The molecule has 0 aliphatic carbocycles. The summed E-state index contributed by atoms with van der Waals surface area (Å²) in [4.78, 5) is 23.0. The van der Waals surface area contributed by atoms with Gasteiger partial charge >= 0.3 is 12.0 Å². The molecule has 1 rings (SSSR count). The van der Waals surface area contributed by atoms with Gasteiger partial charge in [-0.1, -0.05) is 22.9 Å². The third kappa shape index (κ3) is 6.39. The highest BCUT2D eigenvalue weighted by Gasteiger charge is 2.14. The molecule has 5 nitrogen and oxygen atoms in total. The third-order valence-corrected chi connectivity index (χ3v) is 4.16. The van der Waals surface area contributed by atoms with Gasteiger partial charge in [-0.05, 0) is 43.0 Å². The Kier molecular flexibility index (Phi) is 7.60. The predicted octanol–water partition coefficient (Wildman–Crippen LogP) is 3.80. The highest BCUT2D eigenvalue weighted by Crippen LogP contribution is 2.21. The summed E-state index contributed by atoms with van der Waals surface area (Å²) in [5.74, 6) is 0.957. The van der Waals surface area contributed by atoms with Gasteiger partial charge in [0.25, 0.3) is 0 Å². The predicted molar refractivity (Wildman–Crippen MR) is 90.3 cm³/mol. The molecule has 1 unspecified atom stereocenters. The molecule has 2 amide bonds. The van der Waals surface area contributed by atoms with Crippen molar-refractivity contribution < 1.29 is 14.7 Å². The molecule has 1 aromatic rings. The minimum atomic E-state index is -1.08. The number of hydrogen-bond donors (Lipinski definition) is 3. The van der Waals surface area contributed by atoms with Crippen molar-refractivity contribution in [3.05, 3.63) is 28.2 Å². The Morgan fingerprint density at radius 2 is 2.14 bits per heavy atom. The van der Waals surface area contributed by atoms with Crippen LogP contribution < -0.4 is 10.6 Å². The number of carboxylic acid groups (broad SMARTS) is 1. The van der Waals surface area contributed by atoms with E-state index in [0.717, 1.165) is 17.9 Å². The number of carboxylic acids is 1. The zero-order chi connectivity index (χ0) is 15.8. The molecule has 0 saturated carbocycles. The summed E-state index contributed by atoms with van der Waals surface area (Å²) in [6.07, 6.45) is 0.871. The summed E-state index contributed by atoms with van der Waals surface area (Å²) >= 11 is 5.08. The molecule has 21 heavy (non-hydrogen) atoms. The van der Waals surface area contributed by atoms with Crippen molar-refractivity contribution >= 4 is 45.4 Å². The van der Waals surface area contributed by atoms with Crippen molar-refractivity contribution in [1.29, 1.82) is 0 Å². The first-order valence-corrected chi connectivity index (χ1v) is 8.57. The van der Waals surface area contributed by atoms with Crippen molar-refractivity contribution in [2.45, 2.75) is 26.3 Å². The summed E-state index contributed by atoms with van der Waals surface area (Å²) in [5, 5.41) is 14.5. The standard InChI is InChI=1S/C14H19BrN2O3S/c1-3-21-7-6-9(2)16-14(20)17-12-8-10(15)4-5-11(12)13(18)19/h4-5,8-9H,3,6-7H2,1-2H3,(H,18,19)(H2,16,17,20). The Morgan fingerprint density at radius 1 is 1.43 bits per heavy atom. The van der Waals surface area contributed by atoms with E-state index in [1.165, 1.54) is 6.07 Å². The molecule has 1 aromatic carbocycles. The number of aromatic carboxylic acids is 1. The van der Waals surface area contributed by atoms with Gasteiger partial charge in [0.05, 0.1) is 11.3 Å². The van der Waals surface area contributed by atoms with Crippen LogP contribution in [-0.4, -0.2) is 34.7 Å². The fourth-order valence-corrected chi connectivity index (χ4v) is 2.84. The van der Waals surface area contributed by atoms with Gasteiger partial charge in [-0.2, -0.15) is 11.8 Å². The van der Waals surface area contributed by atoms with Crippen molar-refractivity contribution in [3.8, 4) is 0 Å². The van der Waals surface area contributed by atoms with Crippen LogP contribution in [0.3, 0.4) is 0 Å². The van der Waals surface area contributed by atoms with Gasteiger partial charge in [0, 0.05) is 10.5 Å². The van der Waals surface area contributed by atoms with E-state index in [1.54, 1.807) is 12.1 Å². The highest BCUT2D eigenvalue weighted by molar-refractivity contribution is 9.10. The van der Waals surface area contributed by atoms with Crippen LogP contribution in [0.4, 0.5) is 10.5 Å². The number of amides is 2. The van der Waals surface area contributed by atoms with Gasteiger partial charge in [-0.3, -0.25) is 0 Å². The van der Waals surface area contributed by atoms with Crippen LogP contribution in [0.25, 0.3) is 0 Å². The Hall–Kier alpha value is -1.21. The van der Waals surface area contributed by atoms with Gasteiger partial charge in [-0.25, -0.2) is 9.59 Å². The SMILES string of the molecule is CCSCCC(C)NC(=O)Nc1cc(Br)ccc1C(=O)O. The lowest BCUT2D eigenvalue weighted by molar-refractivity contribution is 0.0698. The molecule has 0 bridgehead atoms. The van der Waals surface area contributed by atoms with E-state index >= 15 is 0 Å². The zero-order valence-corrected chi connectivity index (χ0v) is 14.4. The zero-order valence-electron chi connectivity index (χ0n) is 12.0. The molecule has 0 aromatic heterocycles. The quantitative estimate of drug-likeness (QED) is 0.634. The molecular formula is C14H19BrN2O3S.